The summed E-state index contributed by atoms with van der Waals surface area (Å²) in [6, 6.07) is 12.7. The first-order chi connectivity index (χ1) is 14.5. The van der Waals surface area contributed by atoms with Crippen molar-refractivity contribution >= 4 is 17.6 Å². The van der Waals surface area contributed by atoms with Gasteiger partial charge in [-0.2, -0.15) is 0 Å². The maximum Gasteiger partial charge on any atom is 0.412 e. The van der Waals surface area contributed by atoms with Crippen LogP contribution in [0.15, 0.2) is 42.5 Å². The minimum Gasteiger partial charge on any atom is -0.493 e. The Morgan fingerprint density at radius 3 is 2.50 bits per heavy atom. The number of fused-ring (bicyclic) bond motifs is 2. The number of nitrogens with one attached hydrogen (secondary N) is 1. The molecule has 1 N–H and O–H groups in total. The molecule has 1 saturated heterocycles. The predicted molar refractivity (Wildman–Crippen MR) is 112 cm³/mol. The largest absolute Gasteiger partial charge is 0.493 e. The highest BCUT2D eigenvalue weighted by molar-refractivity contribution is 6.00. The second-order valence-electron chi connectivity index (χ2n) is 7.70. The van der Waals surface area contributed by atoms with Gasteiger partial charge in [0.25, 0.3) is 0 Å². The minimum absolute atomic E-state index is 0.0228. The van der Waals surface area contributed by atoms with E-state index in [4.69, 9.17) is 14.2 Å². The van der Waals surface area contributed by atoms with Crippen LogP contribution in [0.3, 0.4) is 0 Å². The zero-order valence-electron chi connectivity index (χ0n) is 17.4. The number of carbonyl (C=O) groups excluding carboxylic acids is 2. The van der Waals surface area contributed by atoms with Gasteiger partial charge < -0.3 is 14.2 Å². The number of ketones is 1. The van der Waals surface area contributed by atoms with Gasteiger partial charge in [0.15, 0.2) is 17.3 Å². The van der Waals surface area contributed by atoms with E-state index in [0.29, 0.717) is 43.0 Å². The maximum absolute atomic E-state index is 13.1. The normalized spacial score (nSPS) is 18.7. The van der Waals surface area contributed by atoms with Crippen molar-refractivity contribution in [3.8, 4) is 11.5 Å². The SMILES string of the molecule is COc1ccc(C(=O)C(C)N2CCC3(CC2)OC(=O)Nc2ccccc23)cc1OC. The van der Waals surface area contributed by atoms with Crippen LogP contribution in [-0.4, -0.2) is 50.1 Å². The standard InChI is InChI=1S/C23H26N2O5/c1-15(21(26)16-8-9-19(28-2)20(14-16)29-3)25-12-10-23(11-13-25)17-6-4-5-7-18(17)24-22(27)30-23/h4-9,14-15H,10-13H2,1-3H3,(H,24,27). The Labute approximate surface area is 175 Å². The summed E-state index contributed by atoms with van der Waals surface area (Å²) in [5, 5.41) is 2.77. The van der Waals surface area contributed by atoms with E-state index in [1.165, 1.54) is 0 Å². The molecule has 7 nitrogen and oxygen atoms in total. The summed E-state index contributed by atoms with van der Waals surface area (Å²) in [4.78, 5) is 27.3. The Bertz CT molecular complexity index is 966. The average Bonchev–Trinajstić information content (AvgIpc) is 2.78. The Kier molecular flexibility index (Phi) is 5.39. The summed E-state index contributed by atoms with van der Waals surface area (Å²) in [6.45, 7) is 3.23. The molecule has 0 aromatic heterocycles. The number of amides is 1. The number of benzene rings is 2. The molecular weight excluding hydrogens is 384 g/mol. The number of para-hydroxylation sites is 1. The molecule has 2 aromatic rings. The molecule has 0 bridgehead atoms. The van der Waals surface area contributed by atoms with E-state index < -0.39 is 11.7 Å². The number of ether oxygens (including phenoxy) is 3. The summed E-state index contributed by atoms with van der Waals surface area (Å²) < 4.78 is 16.4. The fourth-order valence-corrected chi connectivity index (χ4v) is 4.40. The van der Waals surface area contributed by atoms with Gasteiger partial charge in [0.2, 0.25) is 0 Å². The molecule has 2 aromatic carbocycles. The molecule has 30 heavy (non-hydrogen) atoms. The Hall–Kier alpha value is -3.06. The van der Waals surface area contributed by atoms with Crippen molar-refractivity contribution in [1.82, 2.24) is 4.90 Å². The van der Waals surface area contributed by atoms with E-state index in [9.17, 15) is 9.59 Å². The number of rotatable bonds is 5. The van der Waals surface area contributed by atoms with Gasteiger partial charge in [-0.1, -0.05) is 18.2 Å². The van der Waals surface area contributed by atoms with E-state index >= 15 is 0 Å². The molecule has 2 aliphatic rings. The zero-order chi connectivity index (χ0) is 21.3. The molecule has 2 heterocycles. The lowest BCUT2D eigenvalue weighted by Crippen LogP contribution is -2.51. The highest BCUT2D eigenvalue weighted by Crippen LogP contribution is 2.43. The number of carbonyl (C=O) groups is 2. The fourth-order valence-electron chi connectivity index (χ4n) is 4.40. The summed E-state index contributed by atoms with van der Waals surface area (Å²) in [5.41, 5.74) is 1.75. The van der Waals surface area contributed by atoms with Crippen LogP contribution in [0.5, 0.6) is 11.5 Å². The number of anilines is 1. The van der Waals surface area contributed by atoms with Gasteiger partial charge in [0, 0.05) is 37.1 Å². The van der Waals surface area contributed by atoms with Gasteiger partial charge in [0.1, 0.15) is 5.60 Å². The third kappa shape index (κ3) is 3.50. The van der Waals surface area contributed by atoms with Crippen molar-refractivity contribution in [2.24, 2.45) is 0 Å². The van der Waals surface area contributed by atoms with Crippen LogP contribution in [0.25, 0.3) is 0 Å². The molecule has 1 atom stereocenters. The van der Waals surface area contributed by atoms with E-state index in [1.54, 1.807) is 32.4 Å². The van der Waals surface area contributed by atoms with Crippen molar-refractivity contribution in [2.75, 3.05) is 32.6 Å². The number of piperidine rings is 1. The number of likely N-dealkylation sites (tertiary alicyclic amines) is 1. The number of hydrogen-bond acceptors (Lipinski definition) is 6. The van der Waals surface area contributed by atoms with Crippen LogP contribution < -0.4 is 14.8 Å². The first kappa shape index (κ1) is 20.2. The lowest BCUT2D eigenvalue weighted by atomic mass is 9.81. The molecule has 1 unspecified atom stereocenters. The zero-order valence-corrected chi connectivity index (χ0v) is 17.4. The molecule has 1 spiro atoms. The molecule has 1 fully saturated rings. The van der Waals surface area contributed by atoms with Gasteiger partial charge in [-0.15, -0.1) is 0 Å². The van der Waals surface area contributed by atoms with Gasteiger partial charge in [-0.3, -0.25) is 15.0 Å². The summed E-state index contributed by atoms with van der Waals surface area (Å²) in [7, 11) is 3.12. The highest BCUT2D eigenvalue weighted by Gasteiger charge is 2.45. The Morgan fingerprint density at radius 2 is 1.80 bits per heavy atom. The molecule has 0 radical (unpaired) electrons. The van der Waals surface area contributed by atoms with Crippen molar-refractivity contribution < 1.29 is 23.8 Å². The van der Waals surface area contributed by atoms with E-state index in [0.717, 1.165) is 11.3 Å². The molecular formula is C23H26N2O5. The topological polar surface area (TPSA) is 77.1 Å². The number of nitrogens with zero attached hydrogens (tertiary/aromatic N) is 1. The Balaban J connectivity index is 1.49. The minimum atomic E-state index is -0.637. The fraction of sp³-hybridized carbons (Fsp3) is 0.391. The third-order valence-corrected chi connectivity index (χ3v) is 6.14. The van der Waals surface area contributed by atoms with E-state index in [2.05, 4.69) is 10.2 Å². The van der Waals surface area contributed by atoms with Gasteiger partial charge in [-0.25, -0.2) is 4.79 Å². The second kappa shape index (κ2) is 7.99. The van der Waals surface area contributed by atoms with Crippen LogP contribution in [0, 0.1) is 0 Å². The highest BCUT2D eigenvalue weighted by atomic mass is 16.6. The lowest BCUT2D eigenvalue weighted by molar-refractivity contribution is -0.0424. The van der Waals surface area contributed by atoms with Crippen LogP contribution in [0.4, 0.5) is 10.5 Å². The quantitative estimate of drug-likeness (QED) is 0.755. The van der Waals surface area contributed by atoms with Crippen LogP contribution in [0.2, 0.25) is 0 Å². The van der Waals surface area contributed by atoms with E-state index in [1.807, 2.05) is 31.2 Å². The van der Waals surface area contributed by atoms with Crippen molar-refractivity contribution in [2.45, 2.75) is 31.4 Å². The van der Waals surface area contributed by atoms with Crippen LogP contribution >= 0.6 is 0 Å². The van der Waals surface area contributed by atoms with Crippen molar-refractivity contribution in [3.63, 3.8) is 0 Å². The van der Waals surface area contributed by atoms with Gasteiger partial charge in [0.05, 0.1) is 25.9 Å². The van der Waals surface area contributed by atoms with Gasteiger partial charge >= 0.3 is 6.09 Å². The molecule has 4 rings (SSSR count). The van der Waals surface area contributed by atoms with Crippen LogP contribution in [-0.2, 0) is 10.3 Å². The third-order valence-electron chi connectivity index (χ3n) is 6.14. The summed E-state index contributed by atoms with van der Waals surface area (Å²) >= 11 is 0. The first-order valence-corrected chi connectivity index (χ1v) is 10.1. The average molecular weight is 410 g/mol. The number of hydrogen-bond donors (Lipinski definition) is 1. The molecule has 158 valence electrons. The first-order valence-electron chi connectivity index (χ1n) is 10.1. The second-order valence-corrected chi connectivity index (χ2v) is 7.70. The number of Topliss-reactive ketones (excluding diaryl/α,β-unsaturated/α-hetero) is 1. The van der Waals surface area contributed by atoms with E-state index in [-0.39, 0.29) is 11.8 Å². The van der Waals surface area contributed by atoms with Crippen LogP contribution in [0.1, 0.15) is 35.7 Å². The smallest absolute Gasteiger partial charge is 0.412 e. The number of methoxy groups -OCH3 is 2. The molecule has 0 aliphatic carbocycles. The molecule has 2 aliphatic heterocycles. The maximum atomic E-state index is 13.1. The monoisotopic (exact) mass is 410 g/mol. The molecule has 1 amide bonds. The summed E-state index contributed by atoms with van der Waals surface area (Å²) in [5.74, 6) is 1.15. The Morgan fingerprint density at radius 1 is 1.10 bits per heavy atom. The molecule has 0 saturated carbocycles. The lowest BCUT2D eigenvalue weighted by Gasteiger charge is -2.45. The van der Waals surface area contributed by atoms with Crippen molar-refractivity contribution in [1.29, 1.82) is 0 Å². The molecule has 7 heteroatoms. The summed E-state index contributed by atoms with van der Waals surface area (Å²) in [6.07, 6.45) is 0.860. The predicted octanol–water partition coefficient (Wildman–Crippen LogP) is 3.83. The van der Waals surface area contributed by atoms with Crippen molar-refractivity contribution in [3.05, 3.63) is 53.6 Å². The van der Waals surface area contributed by atoms with Gasteiger partial charge in [-0.05, 0) is 31.2 Å².